The van der Waals surface area contributed by atoms with Crippen molar-refractivity contribution in [2.24, 2.45) is 5.41 Å². The summed E-state index contributed by atoms with van der Waals surface area (Å²) in [7, 11) is 0. The number of carbonyl (C=O) groups is 4. The van der Waals surface area contributed by atoms with Gasteiger partial charge in [-0.1, -0.05) is 57.2 Å². The zero-order valence-electron chi connectivity index (χ0n) is 38.3. The van der Waals surface area contributed by atoms with E-state index in [1.54, 1.807) is 16.2 Å². The van der Waals surface area contributed by atoms with E-state index in [9.17, 15) is 24.3 Å². The van der Waals surface area contributed by atoms with Gasteiger partial charge in [-0.3, -0.25) is 23.6 Å². The van der Waals surface area contributed by atoms with E-state index < -0.39 is 35.4 Å². The van der Waals surface area contributed by atoms with Crippen LogP contribution in [0.5, 0.6) is 0 Å². The van der Waals surface area contributed by atoms with E-state index in [4.69, 9.17) is 23.9 Å². The molecule has 19 heteroatoms. The average molecular weight is 928 g/mol. The summed E-state index contributed by atoms with van der Waals surface area (Å²) >= 11 is 1.57. The molecule has 0 unspecified atom stereocenters. The highest BCUT2D eigenvalue weighted by Gasteiger charge is 2.44. The molecular weight excluding hydrogens is 867 g/mol. The molecule has 3 aromatic heterocycles. The second-order valence-electron chi connectivity index (χ2n) is 17.6. The molecular formula is C47H61N9O9S. The molecule has 18 nitrogen and oxygen atoms in total. The highest BCUT2D eigenvalue weighted by molar-refractivity contribution is 7.13. The Morgan fingerprint density at radius 1 is 0.848 bits per heavy atom. The number of aliphatic hydroxyl groups is 1. The molecule has 0 bridgehead atoms. The van der Waals surface area contributed by atoms with Crippen LogP contribution in [0.1, 0.15) is 51.4 Å². The molecule has 354 valence electrons. The molecule has 0 aliphatic carbocycles. The minimum atomic E-state index is -0.976. The second kappa shape index (κ2) is 22.3. The Morgan fingerprint density at radius 2 is 1.52 bits per heavy atom. The Bertz CT molecular complexity index is 2430. The first-order valence-corrected chi connectivity index (χ1v) is 23.3. The number of hydrogen-bond acceptors (Lipinski definition) is 14. The molecule has 5 aromatic rings. The lowest BCUT2D eigenvalue weighted by molar-refractivity contribution is -0.144. The van der Waals surface area contributed by atoms with Crippen LogP contribution in [0.2, 0.25) is 0 Å². The number of para-hydroxylation sites is 2. The molecule has 0 radical (unpaired) electrons. The van der Waals surface area contributed by atoms with Crippen LogP contribution < -0.4 is 15.5 Å². The smallest absolute Gasteiger partial charge is 0.248 e. The normalized spacial score (nSPS) is 17.6. The molecule has 2 aliphatic rings. The Labute approximate surface area is 388 Å². The molecule has 2 fully saturated rings. The standard InChI is InChI=1S/C47H61N9O9S/c1-31(33-10-12-34(13-11-33)42-32(2)48-30-66-42)49-44(60)38-26-35(57)27-56(38)45(61)43(47(3,4)5)52-40(58)28-64-24-22-62-20-21-63-23-25-65-29-41(59)54-18-16-53(17-19-54)39-14-15-55-37-9-7-6-8-36(37)50-46(55)51-39/h6-15,30-31,35,38,43,57H,16-29H2,1-5H3,(H,49,60)(H,52,58)/t31-,35+,38-,43+/m0/s1. The highest BCUT2D eigenvalue weighted by atomic mass is 32.1. The lowest BCUT2D eigenvalue weighted by atomic mass is 9.85. The van der Waals surface area contributed by atoms with Crippen LogP contribution in [0, 0.1) is 12.3 Å². The minimum absolute atomic E-state index is 0.0235. The maximum Gasteiger partial charge on any atom is 0.248 e. The molecule has 3 N–H and O–H groups in total. The Hall–Kier alpha value is -5.57. The first-order valence-electron chi connectivity index (χ1n) is 22.4. The summed E-state index contributed by atoms with van der Waals surface area (Å²) in [5.41, 5.74) is 5.92. The molecule has 0 saturated carbocycles. The quantitative estimate of drug-likeness (QED) is 0.0961. The molecule has 2 aliphatic heterocycles. The van der Waals surface area contributed by atoms with E-state index in [0.717, 1.165) is 38.5 Å². The number of rotatable bonds is 20. The number of thiazole rings is 1. The number of ether oxygens (including phenoxy) is 4. The van der Waals surface area contributed by atoms with Gasteiger partial charge in [-0.2, -0.15) is 4.98 Å². The zero-order valence-corrected chi connectivity index (χ0v) is 39.1. The number of anilines is 1. The van der Waals surface area contributed by atoms with Gasteiger partial charge in [-0.25, -0.2) is 9.97 Å². The fourth-order valence-electron chi connectivity index (χ4n) is 8.09. The number of carbonyl (C=O) groups excluding carboxylic acids is 4. The van der Waals surface area contributed by atoms with Crippen LogP contribution in [0.4, 0.5) is 5.82 Å². The number of imidazole rings is 1. The maximum atomic E-state index is 14.0. The van der Waals surface area contributed by atoms with E-state index in [1.165, 1.54) is 4.90 Å². The van der Waals surface area contributed by atoms with Crippen molar-refractivity contribution in [1.29, 1.82) is 0 Å². The van der Waals surface area contributed by atoms with Crippen LogP contribution in [-0.4, -0.2) is 162 Å². The number of aromatic nitrogens is 4. The van der Waals surface area contributed by atoms with E-state index >= 15 is 0 Å². The third-order valence-electron chi connectivity index (χ3n) is 11.8. The minimum Gasteiger partial charge on any atom is -0.391 e. The molecule has 66 heavy (non-hydrogen) atoms. The van der Waals surface area contributed by atoms with E-state index in [2.05, 4.69) is 25.5 Å². The van der Waals surface area contributed by atoms with Crippen LogP contribution in [-0.2, 0) is 38.1 Å². The summed E-state index contributed by atoms with van der Waals surface area (Å²) in [6.07, 6.45) is 1.19. The van der Waals surface area contributed by atoms with Crippen molar-refractivity contribution in [1.82, 2.24) is 39.8 Å². The number of β-amino-alcohol motifs (C(OH)–C–C–N with tert-alkyl or cyclic N) is 1. The van der Waals surface area contributed by atoms with E-state index in [0.29, 0.717) is 51.8 Å². The van der Waals surface area contributed by atoms with Crippen LogP contribution >= 0.6 is 11.3 Å². The summed E-state index contributed by atoms with van der Waals surface area (Å²) in [5, 5.41) is 16.4. The number of nitrogens with one attached hydrogen (secondary N) is 2. The molecule has 4 amide bonds. The van der Waals surface area contributed by atoms with Crippen molar-refractivity contribution in [2.75, 3.05) is 90.5 Å². The number of amides is 4. The summed E-state index contributed by atoms with van der Waals surface area (Å²) in [6.45, 7) is 13.0. The second-order valence-corrected chi connectivity index (χ2v) is 18.5. The van der Waals surface area contributed by atoms with Crippen molar-refractivity contribution >= 4 is 57.6 Å². The predicted octanol–water partition coefficient (Wildman–Crippen LogP) is 3.40. The first kappa shape index (κ1) is 48.4. The van der Waals surface area contributed by atoms with Crippen LogP contribution in [0.15, 0.2) is 66.3 Å². The monoisotopic (exact) mass is 927 g/mol. The SMILES string of the molecule is Cc1ncsc1-c1ccc([C@H](C)NC(=O)[C@@H]2C[C@@H](O)CN2C(=O)[C@@H](NC(=O)COCCOCCOCCOCC(=O)N2CCN(c3ccn4c(n3)nc3ccccc34)CC2)C(C)(C)C)cc1. The van der Waals surface area contributed by atoms with Crippen molar-refractivity contribution in [2.45, 2.75) is 65.3 Å². The molecule has 0 spiro atoms. The van der Waals surface area contributed by atoms with Gasteiger partial charge in [0.1, 0.15) is 31.1 Å². The number of piperazine rings is 1. The van der Waals surface area contributed by atoms with Gasteiger partial charge in [0.2, 0.25) is 29.4 Å². The molecule has 2 saturated heterocycles. The third-order valence-corrected chi connectivity index (χ3v) is 12.7. The van der Waals surface area contributed by atoms with Gasteiger partial charge in [0.25, 0.3) is 0 Å². The topological polar surface area (TPSA) is 202 Å². The molecule has 4 atom stereocenters. The third kappa shape index (κ3) is 12.2. The Kier molecular flexibility index (Phi) is 16.3. The molecule has 2 aromatic carbocycles. The maximum absolute atomic E-state index is 14.0. The number of aliphatic hydroxyl groups excluding tert-OH is 1. The summed E-state index contributed by atoms with van der Waals surface area (Å²) in [6, 6.07) is 15.6. The van der Waals surface area contributed by atoms with Gasteiger partial charge in [0.15, 0.2) is 0 Å². The molecule has 7 rings (SSSR count). The number of fused-ring (bicyclic) bond motifs is 3. The highest BCUT2D eigenvalue weighted by Crippen LogP contribution is 2.30. The van der Waals surface area contributed by atoms with Gasteiger partial charge in [0.05, 0.1) is 78.9 Å². The summed E-state index contributed by atoms with van der Waals surface area (Å²) < 4.78 is 24.2. The Morgan fingerprint density at radius 3 is 2.18 bits per heavy atom. The molecule has 5 heterocycles. The largest absolute Gasteiger partial charge is 0.391 e. The number of hydrogen-bond donors (Lipinski definition) is 3. The van der Waals surface area contributed by atoms with Crippen LogP contribution in [0.3, 0.4) is 0 Å². The van der Waals surface area contributed by atoms with E-state index in [-0.39, 0.29) is 63.9 Å². The van der Waals surface area contributed by atoms with E-state index in [1.807, 2.05) is 105 Å². The summed E-state index contributed by atoms with van der Waals surface area (Å²) in [5.74, 6) is 0.0968. The predicted molar refractivity (Wildman–Crippen MR) is 249 cm³/mol. The van der Waals surface area contributed by atoms with Crippen molar-refractivity contribution in [3.8, 4) is 10.4 Å². The van der Waals surface area contributed by atoms with Gasteiger partial charge in [-0.15, -0.1) is 11.3 Å². The van der Waals surface area contributed by atoms with Gasteiger partial charge in [-0.05, 0) is 48.6 Å². The lowest BCUT2D eigenvalue weighted by Gasteiger charge is -2.35. The Balaban J connectivity index is 0.734. The van der Waals surface area contributed by atoms with Crippen molar-refractivity contribution < 1.29 is 43.2 Å². The average Bonchev–Trinajstić information content (AvgIpc) is 4.03. The van der Waals surface area contributed by atoms with Crippen LogP contribution in [0.25, 0.3) is 27.3 Å². The van der Waals surface area contributed by atoms with Gasteiger partial charge < -0.3 is 49.4 Å². The van der Waals surface area contributed by atoms with Gasteiger partial charge in [0, 0.05) is 45.3 Å². The van der Waals surface area contributed by atoms with Gasteiger partial charge >= 0.3 is 0 Å². The van der Waals surface area contributed by atoms with Crippen molar-refractivity contribution in [3.63, 3.8) is 0 Å². The number of aryl methyl sites for hydroxylation is 1. The number of likely N-dealkylation sites (tertiary alicyclic amines) is 1. The zero-order chi connectivity index (χ0) is 46.8. The first-order chi connectivity index (χ1) is 31.8. The van der Waals surface area contributed by atoms with Crippen molar-refractivity contribution in [3.05, 3.63) is 77.6 Å². The number of benzene rings is 2. The summed E-state index contributed by atoms with van der Waals surface area (Å²) in [4.78, 5) is 73.5. The lowest BCUT2D eigenvalue weighted by Crippen LogP contribution is -2.58. The fraction of sp³-hybridized carbons (Fsp3) is 0.511. The number of nitrogens with zero attached hydrogens (tertiary/aromatic N) is 7. The fourth-order valence-corrected chi connectivity index (χ4v) is 8.90.